The molecular weight excluding hydrogens is 320 g/mol. The van der Waals surface area contributed by atoms with Crippen LogP contribution in [0.15, 0.2) is 48.9 Å². The average molecular weight is 340 g/mol. The summed E-state index contributed by atoms with van der Waals surface area (Å²) in [5.41, 5.74) is 0.651. The van der Waals surface area contributed by atoms with Gasteiger partial charge in [0.1, 0.15) is 5.82 Å². The Labute approximate surface area is 145 Å². The fourth-order valence-corrected chi connectivity index (χ4v) is 2.59. The maximum absolute atomic E-state index is 12.2. The van der Waals surface area contributed by atoms with Crippen molar-refractivity contribution in [2.45, 2.75) is 0 Å². The third-order valence-corrected chi connectivity index (χ3v) is 3.90. The lowest BCUT2D eigenvalue weighted by Crippen LogP contribution is -2.52. The van der Waals surface area contributed by atoms with Gasteiger partial charge in [0, 0.05) is 50.5 Å². The molecule has 0 atom stereocenters. The number of carbonyl (C=O) groups excluding carboxylic acids is 2. The van der Waals surface area contributed by atoms with Gasteiger partial charge in [-0.05, 0) is 24.3 Å². The van der Waals surface area contributed by atoms with Crippen LogP contribution in [0.5, 0.6) is 0 Å². The van der Waals surface area contributed by atoms with E-state index in [1.807, 2.05) is 18.2 Å². The quantitative estimate of drug-likeness (QED) is 0.865. The third-order valence-electron chi connectivity index (χ3n) is 3.90. The summed E-state index contributed by atoms with van der Waals surface area (Å²) >= 11 is 0. The van der Waals surface area contributed by atoms with Crippen LogP contribution in [-0.4, -0.2) is 59.5 Å². The highest BCUT2D eigenvalue weighted by Gasteiger charge is 2.21. The molecule has 3 rings (SSSR count). The van der Waals surface area contributed by atoms with E-state index in [4.69, 9.17) is 0 Å². The van der Waals surface area contributed by atoms with E-state index in [9.17, 15) is 9.59 Å². The molecule has 8 nitrogen and oxygen atoms in total. The van der Waals surface area contributed by atoms with Crippen LogP contribution in [0.1, 0.15) is 0 Å². The molecular formula is C17H20N6O2. The molecule has 1 aliphatic heterocycles. The molecule has 0 aromatic carbocycles. The van der Waals surface area contributed by atoms with Crippen molar-refractivity contribution in [2.75, 3.05) is 42.9 Å². The molecule has 3 amide bonds. The van der Waals surface area contributed by atoms with Crippen molar-refractivity contribution < 1.29 is 9.59 Å². The van der Waals surface area contributed by atoms with Gasteiger partial charge in [-0.2, -0.15) is 0 Å². The van der Waals surface area contributed by atoms with Gasteiger partial charge in [-0.25, -0.2) is 9.78 Å². The van der Waals surface area contributed by atoms with Crippen molar-refractivity contribution in [3.05, 3.63) is 48.9 Å². The van der Waals surface area contributed by atoms with Crippen molar-refractivity contribution >= 4 is 23.4 Å². The number of nitrogens with zero attached hydrogens (tertiary/aromatic N) is 4. The second-order valence-corrected chi connectivity index (χ2v) is 5.60. The molecule has 1 aliphatic rings. The van der Waals surface area contributed by atoms with Crippen LogP contribution in [0.2, 0.25) is 0 Å². The predicted molar refractivity (Wildman–Crippen MR) is 94.3 cm³/mol. The van der Waals surface area contributed by atoms with Gasteiger partial charge in [0.2, 0.25) is 5.91 Å². The van der Waals surface area contributed by atoms with Gasteiger partial charge in [-0.15, -0.1) is 0 Å². The van der Waals surface area contributed by atoms with E-state index in [-0.39, 0.29) is 18.5 Å². The summed E-state index contributed by atoms with van der Waals surface area (Å²) in [7, 11) is 0. The summed E-state index contributed by atoms with van der Waals surface area (Å²) in [6.07, 6.45) is 4.94. The number of pyridine rings is 2. The van der Waals surface area contributed by atoms with Crippen LogP contribution < -0.4 is 15.5 Å². The average Bonchev–Trinajstić information content (AvgIpc) is 2.68. The Bertz CT molecular complexity index is 702. The van der Waals surface area contributed by atoms with E-state index in [1.165, 1.54) is 0 Å². The van der Waals surface area contributed by atoms with E-state index in [2.05, 4.69) is 25.5 Å². The Morgan fingerprint density at radius 2 is 1.76 bits per heavy atom. The Hall–Kier alpha value is -3.16. The molecule has 25 heavy (non-hydrogen) atoms. The molecule has 2 aromatic rings. The second kappa shape index (κ2) is 8.09. The van der Waals surface area contributed by atoms with Crippen LogP contribution in [0.4, 0.5) is 16.3 Å². The van der Waals surface area contributed by atoms with Gasteiger partial charge < -0.3 is 20.4 Å². The van der Waals surface area contributed by atoms with Crippen LogP contribution in [-0.2, 0) is 4.79 Å². The van der Waals surface area contributed by atoms with Gasteiger partial charge in [-0.1, -0.05) is 6.07 Å². The number of hydrogen-bond acceptors (Lipinski definition) is 5. The molecule has 8 heteroatoms. The Kier molecular flexibility index (Phi) is 5.40. The molecule has 1 saturated heterocycles. The second-order valence-electron chi connectivity index (χ2n) is 5.60. The number of amides is 3. The van der Waals surface area contributed by atoms with Crippen molar-refractivity contribution in [1.82, 2.24) is 20.2 Å². The first-order valence-corrected chi connectivity index (χ1v) is 8.11. The predicted octanol–water partition coefficient (Wildman–Crippen LogP) is 0.947. The fraction of sp³-hybridized carbons (Fsp3) is 0.294. The number of rotatable bonds is 4. The minimum absolute atomic E-state index is 0.0678. The number of piperazine rings is 1. The number of carbonyl (C=O) groups is 2. The van der Waals surface area contributed by atoms with Crippen LogP contribution in [0, 0.1) is 0 Å². The zero-order chi connectivity index (χ0) is 17.5. The van der Waals surface area contributed by atoms with Crippen molar-refractivity contribution in [2.24, 2.45) is 0 Å². The highest BCUT2D eigenvalue weighted by Crippen LogP contribution is 2.12. The van der Waals surface area contributed by atoms with Gasteiger partial charge in [0.25, 0.3) is 0 Å². The van der Waals surface area contributed by atoms with E-state index >= 15 is 0 Å². The topological polar surface area (TPSA) is 90.5 Å². The first kappa shape index (κ1) is 16.7. The van der Waals surface area contributed by atoms with E-state index in [0.29, 0.717) is 31.9 Å². The Balaban J connectivity index is 1.41. The number of urea groups is 1. The molecule has 0 unspecified atom stereocenters. The summed E-state index contributed by atoms with van der Waals surface area (Å²) in [4.78, 5) is 36.1. The van der Waals surface area contributed by atoms with Crippen molar-refractivity contribution in [3.8, 4) is 0 Å². The first-order chi connectivity index (χ1) is 12.2. The minimum Gasteiger partial charge on any atom is -0.353 e. The molecule has 0 saturated carbocycles. The summed E-state index contributed by atoms with van der Waals surface area (Å²) in [6, 6.07) is 8.94. The third kappa shape index (κ3) is 4.66. The molecule has 1 fully saturated rings. The van der Waals surface area contributed by atoms with E-state index < -0.39 is 0 Å². The first-order valence-electron chi connectivity index (χ1n) is 8.11. The molecule has 130 valence electrons. The molecule has 0 bridgehead atoms. The largest absolute Gasteiger partial charge is 0.353 e. The Morgan fingerprint density at radius 3 is 2.44 bits per heavy atom. The summed E-state index contributed by atoms with van der Waals surface area (Å²) in [6.45, 7) is 2.55. The van der Waals surface area contributed by atoms with Gasteiger partial charge in [0.15, 0.2) is 0 Å². The lowest BCUT2D eigenvalue weighted by Gasteiger charge is -2.35. The van der Waals surface area contributed by atoms with Crippen LogP contribution in [0.25, 0.3) is 0 Å². The van der Waals surface area contributed by atoms with Crippen molar-refractivity contribution in [1.29, 1.82) is 0 Å². The maximum Gasteiger partial charge on any atom is 0.317 e. The van der Waals surface area contributed by atoms with Gasteiger partial charge in [-0.3, -0.25) is 9.78 Å². The SMILES string of the molecule is O=C(CNC(=O)N1CCN(c2ccccn2)CC1)Nc1ccncc1. The zero-order valence-corrected chi connectivity index (χ0v) is 13.8. The Morgan fingerprint density at radius 1 is 1.00 bits per heavy atom. The molecule has 0 radical (unpaired) electrons. The molecule has 3 heterocycles. The monoisotopic (exact) mass is 340 g/mol. The normalized spacial score (nSPS) is 14.1. The molecule has 0 aliphatic carbocycles. The smallest absolute Gasteiger partial charge is 0.317 e. The van der Waals surface area contributed by atoms with Gasteiger partial charge >= 0.3 is 6.03 Å². The number of aromatic nitrogens is 2. The highest BCUT2D eigenvalue weighted by atomic mass is 16.2. The summed E-state index contributed by atoms with van der Waals surface area (Å²) in [5.74, 6) is 0.644. The molecule has 2 N–H and O–H groups in total. The van der Waals surface area contributed by atoms with Crippen molar-refractivity contribution in [3.63, 3.8) is 0 Å². The molecule has 2 aromatic heterocycles. The molecule has 0 spiro atoms. The summed E-state index contributed by atoms with van der Waals surface area (Å²) < 4.78 is 0. The van der Waals surface area contributed by atoms with Crippen LogP contribution >= 0.6 is 0 Å². The standard InChI is InChI=1S/C17H20N6O2/c24-16(21-14-4-7-18-8-5-14)13-20-17(25)23-11-9-22(10-12-23)15-3-1-2-6-19-15/h1-8H,9-13H2,(H,20,25)(H,18,21,24). The van der Waals surface area contributed by atoms with E-state index in [0.717, 1.165) is 5.82 Å². The zero-order valence-electron chi connectivity index (χ0n) is 13.8. The maximum atomic E-state index is 12.2. The van der Waals surface area contributed by atoms with E-state index in [1.54, 1.807) is 35.6 Å². The minimum atomic E-state index is -0.272. The lowest BCUT2D eigenvalue weighted by molar-refractivity contribution is -0.115. The number of nitrogens with one attached hydrogen (secondary N) is 2. The number of hydrogen-bond donors (Lipinski definition) is 2. The van der Waals surface area contributed by atoms with Gasteiger partial charge in [0.05, 0.1) is 6.54 Å². The lowest BCUT2D eigenvalue weighted by atomic mass is 10.3. The number of anilines is 2. The summed E-state index contributed by atoms with van der Waals surface area (Å²) in [5, 5.41) is 5.35. The fourth-order valence-electron chi connectivity index (χ4n) is 2.59. The highest BCUT2D eigenvalue weighted by molar-refractivity contribution is 5.94. The van der Waals surface area contributed by atoms with Crippen LogP contribution in [0.3, 0.4) is 0 Å².